The van der Waals surface area contributed by atoms with E-state index < -0.39 is 0 Å². The van der Waals surface area contributed by atoms with Gasteiger partial charge >= 0.3 is 0 Å². The molecule has 20 rings (SSSR count). The molecule has 10 aromatic heterocycles. The summed E-state index contributed by atoms with van der Waals surface area (Å²) in [4.78, 5) is 18.6. The van der Waals surface area contributed by atoms with Crippen molar-refractivity contribution in [2.24, 2.45) is 41.2 Å². The third-order valence-electron chi connectivity index (χ3n) is 26.7. The Bertz CT molecular complexity index is 8450. The molecule has 0 unspecified atom stereocenters. The molecule has 0 N–H and O–H groups in total. The Kier molecular flexibility index (Phi) is 25.3. The van der Waals surface area contributed by atoms with Crippen molar-refractivity contribution in [2.45, 2.75) is 156 Å². The third-order valence-corrected chi connectivity index (χ3v) is 26.7. The highest BCUT2D eigenvalue weighted by Gasteiger charge is 2.32. The largest absolute Gasteiger partial charge is 0.456 e. The summed E-state index contributed by atoms with van der Waals surface area (Å²) >= 11 is 0. The van der Waals surface area contributed by atoms with Gasteiger partial charge in [-0.15, -0.1) is 0 Å². The van der Waals surface area contributed by atoms with Gasteiger partial charge in [-0.05, 0) is 220 Å². The van der Waals surface area contributed by atoms with Gasteiger partial charge in [0.1, 0.15) is 91.1 Å². The maximum absolute atomic E-state index is 7.70. The van der Waals surface area contributed by atoms with Crippen LogP contribution in [0.5, 0.6) is 0 Å². The Hall–Kier alpha value is -15.6. The van der Waals surface area contributed by atoms with E-state index in [-0.39, 0.29) is 0 Å². The van der Waals surface area contributed by atoms with Gasteiger partial charge < -0.3 is 22.1 Å². The van der Waals surface area contributed by atoms with Gasteiger partial charge in [-0.2, -0.15) is 0 Å². The van der Waals surface area contributed by atoms with Crippen LogP contribution in [0.15, 0.2) is 235 Å². The van der Waals surface area contributed by atoms with Crippen molar-refractivity contribution in [1.29, 1.82) is 0 Å². The minimum absolute atomic E-state index is 0.291. The van der Waals surface area contributed by atoms with Gasteiger partial charge in [0.05, 0.1) is 60.7 Å². The van der Waals surface area contributed by atoms with Crippen molar-refractivity contribution in [2.75, 3.05) is 0 Å². The van der Waals surface area contributed by atoms with Crippen LogP contribution >= 0.6 is 0 Å². The Morgan fingerprint density at radius 3 is 0.963 bits per heavy atom. The number of nitrogens with zero attached hydrogens (tertiary/aromatic N) is 10. The SMILES string of the molecule is [C-]#[N+]c1c(C(C)C)cc2c(oc3c(-c4cccc[n+]4C)c(C)ccc32)c1C.[C-]#[N+]c1c(CC(C)C)cc2c(oc3c(-c4cccc[n+]4C)c(C)ccc32)c1C.[C-]#[N+]c1cc(C(C)C)c2c(oc3c(-c4cccc[n+]4C)c(C)ccc32)c1C.[C-]#[N+]c1ccc2c(oc3c(-c4cccc[n+]4C)c(C)cc(C(C)C)c32)c1C.[C-]#[N+]c1ccc2c(oc3c(-c4cccc[n+]4C)c(C)cc(C)c32)c1C. The van der Waals surface area contributed by atoms with Gasteiger partial charge in [0.15, 0.2) is 59.4 Å². The number of aromatic nitrogens is 5. The molecule has 0 spiro atoms. The van der Waals surface area contributed by atoms with Gasteiger partial charge in [0, 0.05) is 115 Å². The topological polar surface area (TPSA) is 107 Å². The number of pyridine rings is 5. The van der Waals surface area contributed by atoms with Gasteiger partial charge in [-0.1, -0.05) is 146 Å². The minimum Gasteiger partial charge on any atom is -0.456 e. The fourth-order valence-corrected chi connectivity index (χ4v) is 19.7. The van der Waals surface area contributed by atoms with E-state index in [0.717, 1.165) is 217 Å². The molecule has 10 heterocycles. The highest BCUT2D eigenvalue weighted by Crippen LogP contribution is 2.50. The first kappa shape index (κ1) is 91.7. The fourth-order valence-electron chi connectivity index (χ4n) is 19.7. The summed E-state index contributed by atoms with van der Waals surface area (Å²) in [6, 6.07) is 62.7. The van der Waals surface area contributed by atoms with Gasteiger partial charge in [0.25, 0.3) is 0 Å². The molecule has 0 fully saturated rings. The summed E-state index contributed by atoms with van der Waals surface area (Å²) in [5.74, 6) is 1.48. The van der Waals surface area contributed by atoms with E-state index in [1.54, 1.807) is 0 Å². The van der Waals surface area contributed by atoms with E-state index in [2.05, 4.69) is 312 Å². The number of fused-ring (bicyclic) bond motifs is 15. The number of hydrogen-bond acceptors (Lipinski definition) is 5. The highest BCUT2D eigenvalue weighted by atomic mass is 16.3. The van der Waals surface area contributed by atoms with Crippen molar-refractivity contribution >= 4 is 138 Å². The maximum Gasteiger partial charge on any atom is 0.216 e. The molecule has 134 heavy (non-hydrogen) atoms. The Morgan fingerprint density at radius 1 is 0.254 bits per heavy atom. The maximum atomic E-state index is 7.70. The van der Waals surface area contributed by atoms with Gasteiger partial charge in [0.2, 0.25) is 28.5 Å². The van der Waals surface area contributed by atoms with Crippen LogP contribution in [-0.4, -0.2) is 0 Å². The smallest absolute Gasteiger partial charge is 0.216 e. The molecule has 0 bridgehead atoms. The molecule has 0 amide bonds. The van der Waals surface area contributed by atoms with Crippen LogP contribution in [0.3, 0.4) is 0 Å². The summed E-state index contributed by atoms with van der Waals surface area (Å²) in [6.07, 6.45) is 11.2. The van der Waals surface area contributed by atoms with Crippen molar-refractivity contribution in [3.63, 3.8) is 0 Å². The van der Waals surface area contributed by atoms with Crippen LogP contribution in [0, 0.1) is 115 Å². The first-order valence-corrected chi connectivity index (χ1v) is 45.8. The van der Waals surface area contributed by atoms with E-state index in [9.17, 15) is 0 Å². The minimum atomic E-state index is 0.291. The Balaban J connectivity index is 0.000000122. The summed E-state index contributed by atoms with van der Waals surface area (Å²) in [5.41, 5.74) is 39.7. The molecule has 10 aromatic carbocycles. The molecule has 0 saturated heterocycles. The van der Waals surface area contributed by atoms with Crippen molar-refractivity contribution in [3.8, 4) is 56.3 Å². The first-order valence-electron chi connectivity index (χ1n) is 45.8. The average molecular weight is 1760 g/mol. The highest BCUT2D eigenvalue weighted by molar-refractivity contribution is 6.17. The lowest BCUT2D eigenvalue weighted by Gasteiger charge is -2.12. The second-order valence-electron chi connectivity index (χ2n) is 37.2. The number of aryl methyl sites for hydroxylation is 16. The van der Waals surface area contributed by atoms with E-state index in [0.29, 0.717) is 40.7 Å². The van der Waals surface area contributed by atoms with Crippen LogP contribution in [0.4, 0.5) is 28.4 Å². The van der Waals surface area contributed by atoms with Crippen LogP contribution in [0.25, 0.3) is 190 Å². The molecular formula is C119H113N10O5+5. The molecule has 0 aliphatic heterocycles. The molecular weight excluding hydrogens is 1650 g/mol. The molecule has 15 heteroatoms. The number of benzene rings is 10. The van der Waals surface area contributed by atoms with Gasteiger partial charge in [-0.25, -0.2) is 47.1 Å². The van der Waals surface area contributed by atoms with Crippen LogP contribution < -0.4 is 22.8 Å². The summed E-state index contributed by atoms with van der Waals surface area (Å²) in [6.45, 7) is 77.8. The summed E-state index contributed by atoms with van der Waals surface area (Å²) < 4.78 is 42.8. The predicted octanol–water partition coefficient (Wildman–Crippen LogP) is 31.1. The Labute approximate surface area is 784 Å². The standard InChI is InChI=1S/C25H25N2O.3C24H23N2O.C22H19N2O/c1-15(2)13-18-14-20-19-11-10-16(3)22(21-9-7-8-12-27(21)6)25(19)28-24(20)17(4)23(18)26-5;1-14(2)18-13-15(3)21(20-9-7-8-12-26(20)6)24-22(18)17-10-11-19(25-5)16(4)23(17)27-24;1-14(2)18-13-19-17-11-10-15(3)21(20-9-7-8-12-26(20)6)24(17)27-23(19)16(4)22(18)25-5;1-14(2)18-13-19(25-5)16(4)23-22(18)17-11-10-15(3)21(24(17)27-23)20-9-7-8-12-26(20)6;1-13-12-14(2)20(18-8-6-7-11-24(18)5)22-19(13)16-9-10-17(23-4)15(3)21(16)25-22/h7-12,14-15H,13H2,1-4,6H3;3*7-14H,1-4,6H3;6-12H,1-3,5H3/q5*+1. The molecule has 0 radical (unpaired) electrons. The van der Waals surface area contributed by atoms with E-state index >= 15 is 0 Å². The zero-order chi connectivity index (χ0) is 95.6. The first-order chi connectivity index (χ1) is 64.2. The Morgan fingerprint density at radius 2 is 0.567 bits per heavy atom. The second-order valence-corrected chi connectivity index (χ2v) is 37.2. The zero-order valence-corrected chi connectivity index (χ0v) is 81.2. The summed E-state index contributed by atoms with van der Waals surface area (Å²) in [5, 5.41) is 11.2. The number of furan rings is 5. The lowest BCUT2D eigenvalue weighted by molar-refractivity contribution is -0.660. The molecule has 15 nitrogen and oxygen atoms in total. The summed E-state index contributed by atoms with van der Waals surface area (Å²) in [7, 11) is 10.3. The van der Waals surface area contributed by atoms with Gasteiger partial charge in [-0.3, -0.25) is 0 Å². The van der Waals surface area contributed by atoms with Crippen molar-refractivity contribution in [3.05, 3.63) is 354 Å². The normalized spacial score (nSPS) is 11.4. The van der Waals surface area contributed by atoms with E-state index in [1.807, 2.05) is 115 Å². The third kappa shape index (κ3) is 16.1. The molecule has 0 aliphatic carbocycles. The zero-order valence-electron chi connectivity index (χ0n) is 81.2. The monoisotopic (exact) mass is 1760 g/mol. The van der Waals surface area contributed by atoms with E-state index in [4.69, 9.17) is 54.9 Å². The van der Waals surface area contributed by atoms with Crippen LogP contribution in [-0.2, 0) is 41.7 Å². The lowest BCUT2D eigenvalue weighted by Crippen LogP contribution is -2.30. The van der Waals surface area contributed by atoms with Crippen molar-refractivity contribution in [1.82, 2.24) is 0 Å². The molecule has 664 valence electrons. The quantitative estimate of drug-likeness (QED) is 0.100. The average Bonchev–Trinajstić information content (AvgIpc) is 1.58. The van der Waals surface area contributed by atoms with E-state index in [1.165, 1.54) is 49.9 Å². The molecule has 20 aromatic rings. The molecule has 0 aliphatic rings. The lowest BCUT2D eigenvalue weighted by atomic mass is 9.91. The molecule has 0 saturated carbocycles. The predicted molar refractivity (Wildman–Crippen MR) is 546 cm³/mol. The second kappa shape index (κ2) is 37.0. The number of rotatable bonds is 10. The van der Waals surface area contributed by atoms with Crippen LogP contribution in [0.2, 0.25) is 0 Å². The molecule has 0 atom stereocenters. The van der Waals surface area contributed by atoms with Crippen LogP contribution in [0.1, 0.15) is 157 Å². The number of hydrogen-bond donors (Lipinski definition) is 0. The fraction of sp³-hybridized carbons (Fsp3) is 0.244. The van der Waals surface area contributed by atoms with Crippen molar-refractivity contribution < 1.29 is 44.9 Å².